The number of aromatic nitrogens is 1. The fourth-order valence-corrected chi connectivity index (χ4v) is 2.91. The quantitative estimate of drug-likeness (QED) is 0.896. The van der Waals surface area contributed by atoms with E-state index in [1.807, 2.05) is 25.1 Å². The molecule has 1 aromatic carbocycles. The number of benzene rings is 1. The molecule has 96 valence electrons. The van der Waals surface area contributed by atoms with Gasteiger partial charge in [0.1, 0.15) is 0 Å². The lowest BCUT2D eigenvalue weighted by atomic mass is 10.1. The van der Waals surface area contributed by atoms with E-state index in [-0.39, 0.29) is 6.10 Å². The highest BCUT2D eigenvalue weighted by Crippen LogP contribution is 2.19. The van der Waals surface area contributed by atoms with E-state index in [1.165, 1.54) is 10.4 Å². The van der Waals surface area contributed by atoms with E-state index in [1.54, 1.807) is 11.3 Å². The number of nitrogens with zero attached hydrogens (tertiary/aromatic N) is 1. The predicted molar refractivity (Wildman–Crippen MR) is 76.1 cm³/mol. The van der Waals surface area contributed by atoms with E-state index in [2.05, 4.69) is 24.0 Å². The molecule has 1 heterocycles. The maximum Gasteiger partial charge on any atom is 0.0956 e. The molecule has 0 spiro atoms. The van der Waals surface area contributed by atoms with Gasteiger partial charge < -0.3 is 5.11 Å². The number of aliphatic hydroxyl groups is 1. The Balaban J connectivity index is 1.84. The molecular weight excluding hydrogens is 242 g/mol. The van der Waals surface area contributed by atoms with Crippen LogP contribution < -0.4 is 0 Å². The summed E-state index contributed by atoms with van der Waals surface area (Å²) in [6.07, 6.45) is 2.09. The van der Waals surface area contributed by atoms with Crippen LogP contribution in [0, 0.1) is 13.8 Å². The van der Waals surface area contributed by atoms with Crippen molar-refractivity contribution in [3.63, 3.8) is 0 Å². The number of aryl methyl sites for hydroxylation is 3. The molecule has 0 saturated carbocycles. The third-order valence-electron chi connectivity index (χ3n) is 3.09. The van der Waals surface area contributed by atoms with Crippen molar-refractivity contribution < 1.29 is 5.11 Å². The van der Waals surface area contributed by atoms with E-state index in [0.717, 1.165) is 23.5 Å². The maximum absolute atomic E-state index is 10.0. The van der Waals surface area contributed by atoms with Crippen molar-refractivity contribution in [3.8, 4) is 0 Å². The summed E-state index contributed by atoms with van der Waals surface area (Å²) in [7, 11) is 0. The molecule has 1 N–H and O–H groups in total. The summed E-state index contributed by atoms with van der Waals surface area (Å²) >= 11 is 1.69. The Labute approximate surface area is 112 Å². The second-order valence-corrected chi connectivity index (χ2v) is 5.92. The summed E-state index contributed by atoms with van der Waals surface area (Å²) in [5.74, 6) is 0. The van der Waals surface area contributed by atoms with Crippen molar-refractivity contribution in [2.24, 2.45) is 0 Å². The minimum absolute atomic E-state index is 0.296. The molecule has 0 saturated heterocycles. The summed E-state index contributed by atoms with van der Waals surface area (Å²) in [6, 6.07) is 10.3. The molecule has 18 heavy (non-hydrogen) atoms. The van der Waals surface area contributed by atoms with E-state index in [0.29, 0.717) is 6.42 Å². The smallest absolute Gasteiger partial charge is 0.0956 e. The van der Waals surface area contributed by atoms with Gasteiger partial charge in [0.05, 0.1) is 16.8 Å². The Bertz CT molecular complexity index is 473. The standard InChI is InChI=1S/C15H19NOS/c1-11-12(2)18-15(16-11)10-14(17)9-8-13-6-4-3-5-7-13/h3-7,14,17H,8-10H2,1-2H3. The van der Waals surface area contributed by atoms with Crippen molar-refractivity contribution >= 4 is 11.3 Å². The first-order valence-corrected chi connectivity index (χ1v) is 7.11. The highest BCUT2D eigenvalue weighted by Gasteiger charge is 2.10. The summed E-state index contributed by atoms with van der Waals surface area (Å²) < 4.78 is 0. The first kappa shape index (κ1) is 13.2. The molecule has 0 radical (unpaired) electrons. The van der Waals surface area contributed by atoms with Gasteiger partial charge in [0.15, 0.2) is 0 Å². The Kier molecular flexibility index (Phi) is 4.50. The van der Waals surface area contributed by atoms with Crippen LogP contribution in [0.15, 0.2) is 30.3 Å². The van der Waals surface area contributed by atoms with E-state index in [4.69, 9.17) is 0 Å². The van der Waals surface area contributed by atoms with E-state index >= 15 is 0 Å². The van der Waals surface area contributed by atoms with Crippen LogP contribution in [0.1, 0.15) is 27.6 Å². The van der Waals surface area contributed by atoms with Gasteiger partial charge in [-0.25, -0.2) is 4.98 Å². The fourth-order valence-electron chi connectivity index (χ4n) is 1.91. The molecule has 1 aromatic heterocycles. The highest BCUT2D eigenvalue weighted by atomic mass is 32.1. The average molecular weight is 261 g/mol. The SMILES string of the molecule is Cc1nc(CC(O)CCc2ccccc2)sc1C. The predicted octanol–water partition coefficient (Wildman–Crippen LogP) is 3.30. The second-order valence-electron chi connectivity index (χ2n) is 4.63. The first-order chi connectivity index (χ1) is 8.65. The molecule has 1 unspecified atom stereocenters. The van der Waals surface area contributed by atoms with Crippen molar-refractivity contribution in [2.75, 3.05) is 0 Å². The van der Waals surface area contributed by atoms with E-state index in [9.17, 15) is 5.11 Å². The lowest BCUT2D eigenvalue weighted by molar-refractivity contribution is 0.165. The average Bonchev–Trinajstić information content (AvgIpc) is 2.67. The van der Waals surface area contributed by atoms with Gasteiger partial charge >= 0.3 is 0 Å². The van der Waals surface area contributed by atoms with Gasteiger partial charge in [0.2, 0.25) is 0 Å². The van der Waals surface area contributed by atoms with Crippen LogP contribution in [0.25, 0.3) is 0 Å². The first-order valence-electron chi connectivity index (χ1n) is 6.30. The van der Waals surface area contributed by atoms with E-state index < -0.39 is 0 Å². The zero-order valence-corrected chi connectivity index (χ0v) is 11.7. The molecule has 0 aliphatic carbocycles. The van der Waals surface area contributed by atoms with Gasteiger partial charge in [-0.15, -0.1) is 11.3 Å². The Morgan fingerprint density at radius 2 is 1.94 bits per heavy atom. The van der Waals surface area contributed by atoms with Crippen molar-refractivity contribution in [1.82, 2.24) is 4.98 Å². The zero-order valence-electron chi connectivity index (χ0n) is 10.9. The number of rotatable bonds is 5. The number of thiazole rings is 1. The van der Waals surface area contributed by atoms with Crippen molar-refractivity contribution in [3.05, 3.63) is 51.5 Å². The largest absolute Gasteiger partial charge is 0.393 e. The Morgan fingerprint density at radius 3 is 2.56 bits per heavy atom. The molecule has 0 aliphatic heterocycles. The molecular formula is C15H19NOS. The van der Waals surface area contributed by atoms with Gasteiger partial charge in [-0.05, 0) is 32.3 Å². The second kappa shape index (κ2) is 6.12. The molecule has 1 atom stereocenters. The minimum Gasteiger partial charge on any atom is -0.393 e. The summed E-state index contributed by atoms with van der Waals surface area (Å²) in [5.41, 5.74) is 2.37. The molecule has 2 nitrogen and oxygen atoms in total. The zero-order chi connectivity index (χ0) is 13.0. The molecule has 0 aliphatic rings. The van der Waals surface area contributed by atoms with Crippen LogP contribution in [-0.2, 0) is 12.8 Å². The lowest BCUT2D eigenvalue weighted by Gasteiger charge is -2.08. The van der Waals surface area contributed by atoms with Gasteiger partial charge in [-0.2, -0.15) is 0 Å². The normalized spacial score (nSPS) is 12.6. The Morgan fingerprint density at radius 1 is 1.22 bits per heavy atom. The van der Waals surface area contributed by atoms with Crippen LogP contribution in [0.2, 0.25) is 0 Å². The molecule has 0 amide bonds. The Hall–Kier alpha value is -1.19. The fraction of sp³-hybridized carbons (Fsp3) is 0.400. The highest BCUT2D eigenvalue weighted by molar-refractivity contribution is 7.11. The van der Waals surface area contributed by atoms with Crippen LogP contribution in [0.5, 0.6) is 0 Å². The van der Waals surface area contributed by atoms with Crippen molar-refractivity contribution in [1.29, 1.82) is 0 Å². The molecule has 2 rings (SSSR count). The van der Waals surface area contributed by atoms with Crippen LogP contribution in [-0.4, -0.2) is 16.2 Å². The number of hydrogen-bond acceptors (Lipinski definition) is 3. The topological polar surface area (TPSA) is 33.1 Å². The molecule has 0 fully saturated rings. The van der Waals surface area contributed by atoms with Gasteiger partial charge in [0, 0.05) is 11.3 Å². The van der Waals surface area contributed by atoms with Gasteiger partial charge in [-0.3, -0.25) is 0 Å². The number of hydrogen-bond donors (Lipinski definition) is 1. The molecule has 3 heteroatoms. The maximum atomic E-state index is 10.0. The van der Waals surface area contributed by atoms with Gasteiger partial charge in [0.25, 0.3) is 0 Å². The third-order valence-corrected chi connectivity index (χ3v) is 4.19. The summed E-state index contributed by atoms with van der Waals surface area (Å²) in [4.78, 5) is 5.71. The summed E-state index contributed by atoms with van der Waals surface area (Å²) in [5, 5.41) is 11.1. The summed E-state index contributed by atoms with van der Waals surface area (Å²) in [6.45, 7) is 4.10. The minimum atomic E-state index is -0.296. The third kappa shape index (κ3) is 3.65. The van der Waals surface area contributed by atoms with Crippen molar-refractivity contribution in [2.45, 2.75) is 39.2 Å². The van der Waals surface area contributed by atoms with Gasteiger partial charge in [-0.1, -0.05) is 30.3 Å². The molecule has 2 aromatic rings. The molecule has 0 bridgehead atoms. The monoisotopic (exact) mass is 261 g/mol. The van der Waals surface area contributed by atoms with Crippen LogP contribution in [0.3, 0.4) is 0 Å². The number of aliphatic hydroxyl groups excluding tert-OH is 1. The van der Waals surface area contributed by atoms with Crippen LogP contribution in [0.4, 0.5) is 0 Å². The van der Waals surface area contributed by atoms with Crippen LogP contribution >= 0.6 is 11.3 Å². The lowest BCUT2D eigenvalue weighted by Crippen LogP contribution is -2.11.